The summed E-state index contributed by atoms with van der Waals surface area (Å²) in [5.41, 5.74) is 6.18. The zero-order valence-corrected chi connectivity index (χ0v) is 10.8. The van der Waals surface area contributed by atoms with Gasteiger partial charge in [0.1, 0.15) is 18.8 Å². The van der Waals surface area contributed by atoms with E-state index in [0.717, 1.165) is 0 Å². The summed E-state index contributed by atoms with van der Waals surface area (Å²) in [4.78, 5) is 35.3. The molecule has 0 radical (unpaired) electrons. The molecule has 7 heteroatoms. The van der Waals surface area contributed by atoms with Crippen molar-refractivity contribution in [2.45, 2.75) is 6.42 Å². The van der Waals surface area contributed by atoms with E-state index >= 15 is 0 Å². The number of hydrogen-bond donors (Lipinski definition) is 2. The summed E-state index contributed by atoms with van der Waals surface area (Å²) in [7, 11) is 0. The second-order valence-electron chi connectivity index (χ2n) is 4.39. The molecule has 1 fully saturated rings. The molecule has 7 nitrogen and oxygen atoms in total. The topological polar surface area (TPSA) is 102 Å². The van der Waals surface area contributed by atoms with E-state index in [-0.39, 0.29) is 32.0 Å². The molecule has 0 bridgehead atoms. The molecule has 1 saturated heterocycles. The lowest BCUT2D eigenvalue weighted by atomic mass is 10.3. The molecule has 1 aromatic rings. The molecule has 0 aromatic heterocycles. The van der Waals surface area contributed by atoms with Gasteiger partial charge in [-0.15, -0.1) is 0 Å². The molecule has 0 aliphatic carbocycles. The number of nitrogens with two attached hydrogens (primary N) is 1. The summed E-state index contributed by atoms with van der Waals surface area (Å²) in [6.45, 7) is -0.0275. The number of nitrogens with zero attached hydrogens (tertiary/aromatic N) is 1. The van der Waals surface area contributed by atoms with Crippen molar-refractivity contribution in [2.75, 3.05) is 25.4 Å². The summed E-state index contributed by atoms with van der Waals surface area (Å²) in [6, 6.07) is 6.87. The summed E-state index contributed by atoms with van der Waals surface area (Å²) >= 11 is 0. The largest absolute Gasteiger partial charge is 0.493 e. The van der Waals surface area contributed by atoms with E-state index in [1.807, 2.05) is 0 Å². The number of rotatable bonds is 4. The Labute approximate surface area is 115 Å². The highest BCUT2D eigenvalue weighted by molar-refractivity contribution is 6.02. The maximum atomic E-state index is 11.8. The Morgan fingerprint density at radius 2 is 2.00 bits per heavy atom. The number of carbonyl (C=O) groups excluding carboxylic acids is 3. The first kappa shape index (κ1) is 13.9. The Kier molecular flexibility index (Phi) is 4.19. The number of nitrogens with one attached hydrogen (secondary N) is 1. The van der Waals surface area contributed by atoms with Crippen LogP contribution in [0.2, 0.25) is 0 Å². The van der Waals surface area contributed by atoms with Gasteiger partial charge in [0, 0.05) is 11.8 Å². The summed E-state index contributed by atoms with van der Waals surface area (Å²) in [5.74, 6) is -0.653. The highest BCUT2D eigenvalue weighted by atomic mass is 16.5. The normalized spacial score (nSPS) is 14.9. The van der Waals surface area contributed by atoms with E-state index in [1.54, 1.807) is 24.3 Å². The van der Waals surface area contributed by atoms with Gasteiger partial charge in [0.2, 0.25) is 17.7 Å². The number of imide groups is 1. The van der Waals surface area contributed by atoms with Crippen molar-refractivity contribution in [3.8, 4) is 5.75 Å². The van der Waals surface area contributed by atoms with E-state index in [4.69, 9.17) is 10.5 Å². The average molecular weight is 277 g/mol. The fourth-order valence-electron chi connectivity index (χ4n) is 1.83. The third-order valence-corrected chi connectivity index (χ3v) is 2.74. The van der Waals surface area contributed by atoms with Gasteiger partial charge in [-0.2, -0.15) is 0 Å². The fraction of sp³-hybridized carbons (Fsp3) is 0.308. The Morgan fingerprint density at radius 1 is 1.30 bits per heavy atom. The second kappa shape index (κ2) is 6.05. The number of hydrogen-bond acceptors (Lipinski definition) is 5. The van der Waals surface area contributed by atoms with Crippen molar-refractivity contribution in [1.82, 2.24) is 10.2 Å². The molecule has 2 rings (SSSR count). The SMILES string of the molecule is Nc1cccc(OCCC(=O)N2CC(=O)NC(=O)C2)c1. The van der Waals surface area contributed by atoms with Crippen molar-refractivity contribution in [3.05, 3.63) is 24.3 Å². The quantitative estimate of drug-likeness (QED) is 0.572. The van der Waals surface area contributed by atoms with Gasteiger partial charge < -0.3 is 15.4 Å². The van der Waals surface area contributed by atoms with Crippen LogP contribution in [0.15, 0.2) is 24.3 Å². The van der Waals surface area contributed by atoms with Crippen LogP contribution < -0.4 is 15.8 Å². The number of piperazine rings is 1. The summed E-state index contributed by atoms with van der Waals surface area (Å²) in [5, 5.41) is 2.14. The summed E-state index contributed by atoms with van der Waals surface area (Å²) in [6.07, 6.45) is 0.0926. The predicted molar refractivity (Wildman–Crippen MR) is 70.7 cm³/mol. The molecule has 1 aliphatic heterocycles. The van der Waals surface area contributed by atoms with Gasteiger partial charge in [-0.1, -0.05) is 6.07 Å². The molecule has 3 N–H and O–H groups in total. The van der Waals surface area contributed by atoms with E-state index in [2.05, 4.69) is 5.32 Å². The van der Waals surface area contributed by atoms with E-state index in [9.17, 15) is 14.4 Å². The van der Waals surface area contributed by atoms with Gasteiger partial charge in [-0.3, -0.25) is 19.7 Å². The van der Waals surface area contributed by atoms with Crippen molar-refractivity contribution >= 4 is 23.4 Å². The van der Waals surface area contributed by atoms with Gasteiger partial charge in [0.25, 0.3) is 0 Å². The van der Waals surface area contributed by atoms with E-state index in [1.165, 1.54) is 4.90 Å². The van der Waals surface area contributed by atoms with Crippen LogP contribution in [-0.2, 0) is 14.4 Å². The Hall–Kier alpha value is -2.57. The Morgan fingerprint density at radius 3 is 2.65 bits per heavy atom. The molecule has 20 heavy (non-hydrogen) atoms. The van der Waals surface area contributed by atoms with Crippen LogP contribution in [0.1, 0.15) is 6.42 Å². The van der Waals surface area contributed by atoms with Crippen molar-refractivity contribution in [1.29, 1.82) is 0 Å². The molecule has 0 unspecified atom stereocenters. The van der Waals surface area contributed by atoms with Gasteiger partial charge in [-0.05, 0) is 12.1 Å². The highest BCUT2D eigenvalue weighted by Gasteiger charge is 2.25. The van der Waals surface area contributed by atoms with Crippen LogP contribution in [0.3, 0.4) is 0 Å². The number of nitrogen functional groups attached to an aromatic ring is 1. The van der Waals surface area contributed by atoms with Crippen molar-refractivity contribution in [2.24, 2.45) is 0 Å². The molecule has 106 valence electrons. The molecule has 1 heterocycles. The van der Waals surface area contributed by atoms with Gasteiger partial charge >= 0.3 is 0 Å². The Bertz CT molecular complexity index is 528. The van der Waals surface area contributed by atoms with Crippen LogP contribution in [0.4, 0.5) is 5.69 Å². The lowest BCUT2D eigenvalue weighted by molar-refractivity contribution is -0.145. The molecule has 1 aliphatic rings. The van der Waals surface area contributed by atoms with Crippen molar-refractivity contribution < 1.29 is 19.1 Å². The molecule has 0 spiro atoms. The minimum absolute atomic E-state index is 0.0926. The van der Waals surface area contributed by atoms with Gasteiger partial charge in [0.05, 0.1) is 13.0 Å². The predicted octanol–water partition coefficient (Wildman–Crippen LogP) is -0.477. The first-order valence-electron chi connectivity index (χ1n) is 6.13. The van der Waals surface area contributed by atoms with Crippen LogP contribution in [0.5, 0.6) is 5.75 Å². The third kappa shape index (κ3) is 3.71. The third-order valence-electron chi connectivity index (χ3n) is 2.74. The molecular weight excluding hydrogens is 262 g/mol. The van der Waals surface area contributed by atoms with E-state index < -0.39 is 11.8 Å². The fourth-order valence-corrected chi connectivity index (χ4v) is 1.83. The first-order chi connectivity index (χ1) is 9.54. The molecular formula is C13H15N3O4. The lowest BCUT2D eigenvalue weighted by Gasteiger charge is -2.25. The molecule has 0 saturated carbocycles. The second-order valence-corrected chi connectivity index (χ2v) is 4.39. The minimum Gasteiger partial charge on any atom is -0.493 e. The molecule has 3 amide bonds. The first-order valence-corrected chi connectivity index (χ1v) is 6.13. The number of amides is 3. The number of ether oxygens (including phenoxy) is 1. The Balaban J connectivity index is 1.80. The minimum atomic E-state index is -0.466. The highest BCUT2D eigenvalue weighted by Crippen LogP contribution is 2.14. The average Bonchev–Trinajstić information content (AvgIpc) is 2.37. The molecule has 1 aromatic carbocycles. The maximum absolute atomic E-state index is 11.8. The molecule has 0 atom stereocenters. The standard InChI is InChI=1S/C13H15N3O4/c14-9-2-1-3-10(6-9)20-5-4-13(19)16-7-11(17)15-12(18)8-16/h1-3,6H,4-5,7-8,14H2,(H,15,17,18). The van der Waals surface area contributed by atoms with Crippen LogP contribution >= 0.6 is 0 Å². The van der Waals surface area contributed by atoms with Gasteiger partial charge in [0.15, 0.2) is 0 Å². The van der Waals surface area contributed by atoms with Crippen molar-refractivity contribution in [3.63, 3.8) is 0 Å². The number of benzene rings is 1. The van der Waals surface area contributed by atoms with Gasteiger partial charge in [-0.25, -0.2) is 0 Å². The van der Waals surface area contributed by atoms with Crippen LogP contribution in [-0.4, -0.2) is 42.3 Å². The number of carbonyl (C=O) groups is 3. The van der Waals surface area contributed by atoms with E-state index in [0.29, 0.717) is 11.4 Å². The smallest absolute Gasteiger partial charge is 0.246 e. The zero-order valence-electron chi connectivity index (χ0n) is 10.8. The lowest BCUT2D eigenvalue weighted by Crippen LogP contribution is -2.53. The monoisotopic (exact) mass is 277 g/mol. The zero-order chi connectivity index (χ0) is 14.5. The van der Waals surface area contributed by atoms with Crippen LogP contribution in [0, 0.1) is 0 Å². The van der Waals surface area contributed by atoms with Crippen LogP contribution in [0.25, 0.3) is 0 Å². The number of anilines is 1. The summed E-state index contributed by atoms with van der Waals surface area (Å²) < 4.78 is 5.39. The maximum Gasteiger partial charge on any atom is 0.246 e.